The second kappa shape index (κ2) is 4.94. The number of aliphatic hydroxyl groups is 1. The quantitative estimate of drug-likeness (QED) is 0.805. The Morgan fingerprint density at radius 3 is 2.53 bits per heavy atom. The molecule has 1 heterocycles. The summed E-state index contributed by atoms with van der Waals surface area (Å²) in [7, 11) is 0. The number of anilines is 1. The number of nitrogens with one attached hydrogen (secondary N) is 1. The Morgan fingerprint density at radius 2 is 1.79 bits per heavy atom. The molecule has 0 spiro atoms. The van der Waals surface area contributed by atoms with Crippen LogP contribution >= 0.6 is 22.6 Å². The van der Waals surface area contributed by atoms with Gasteiger partial charge in [0.15, 0.2) is 0 Å². The number of aliphatic hydroxyl groups excluding tert-OH is 1. The van der Waals surface area contributed by atoms with Crippen molar-refractivity contribution in [1.82, 2.24) is 0 Å². The molecule has 2 aromatic carbocycles. The third kappa shape index (κ3) is 2.50. The molecular formula is C15H12INO2. The molecule has 2 aromatic rings. The molecule has 0 radical (unpaired) electrons. The van der Waals surface area contributed by atoms with Crippen molar-refractivity contribution < 1.29 is 9.90 Å². The molecule has 0 aromatic heterocycles. The molecule has 2 N–H and O–H groups in total. The smallest absolute Gasteiger partial charge is 0.228 e. The largest absolute Gasteiger partial charge is 0.384 e. The highest BCUT2D eigenvalue weighted by Gasteiger charge is 2.19. The Labute approximate surface area is 124 Å². The van der Waals surface area contributed by atoms with Crippen molar-refractivity contribution in [3.8, 4) is 0 Å². The third-order valence-corrected chi connectivity index (χ3v) is 3.98. The molecule has 0 saturated heterocycles. The van der Waals surface area contributed by atoms with E-state index in [1.165, 1.54) is 0 Å². The minimum Gasteiger partial charge on any atom is -0.384 e. The van der Waals surface area contributed by atoms with Crippen LogP contribution in [-0.2, 0) is 11.2 Å². The Kier molecular flexibility index (Phi) is 3.28. The highest BCUT2D eigenvalue weighted by Crippen LogP contribution is 2.29. The normalized spacial score (nSPS) is 14.9. The minimum atomic E-state index is -0.655. The van der Waals surface area contributed by atoms with Gasteiger partial charge in [0.05, 0.1) is 6.42 Å². The maximum Gasteiger partial charge on any atom is 0.228 e. The van der Waals surface area contributed by atoms with Gasteiger partial charge in [-0.25, -0.2) is 0 Å². The van der Waals surface area contributed by atoms with Crippen LogP contribution in [0.2, 0.25) is 0 Å². The summed E-state index contributed by atoms with van der Waals surface area (Å²) in [5.41, 5.74) is 3.48. The zero-order chi connectivity index (χ0) is 13.4. The molecule has 1 unspecified atom stereocenters. The van der Waals surface area contributed by atoms with Crippen LogP contribution in [0.15, 0.2) is 42.5 Å². The summed E-state index contributed by atoms with van der Waals surface area (Å²) < 4.78 is 1.14. The first kappa shape index (κ1) is 12.6. The SMILES string of the molecule is O=C1Cc2cc(C(O)c3ccc(I)cc3)ccc2N1. The van der Waals surface area contributed by atoms with Gasteiger partial charge in [-0.15, -0.1) is 0 Å². The zero-order valence-corrected chi connectivity index (χ0v) is 12.2. The van der Waals surface area contributed by atoms with E-state index in [9.17, 15) is 9.90 Å². The van der Waals surface area contributed by atoms with E-state index in [1.54, 1.807) is 0 Å². The van der Waals surface area contributed by atoms with Gasteiger partial charge in [-0.05, 0) is 57.5 Å². The predicted octanol–water partition coefficient (Wildman–Crippen LogP) is 2.87. The number of fused-ring (bicyclic) bond motifs is 1. The maximum atomic E-state index is 11.3. The first-order valence-corrected chi connectivity index (χ1v) is 7.07. The van der Waals surface area contributed by atoms with Crippen molar-refractivity contribution in [3.63, 3.8) is 0 Å². The highest BCUT2D eigenvalue weighted by atomic mass is 127. The van der Waals surface area contributed by atoms with Gasteiger partial charge in [0.1, 0.15) is 6.10 Å². The van der Waals surface area contributed by atoms with Crippen molar-refractivity contribution in [2.45, 2.75) is 12.5 Å². The van der Waals surface area contributed by atoms with Crippen molar-refractivity contribution in [2.75, 3.05) is 5.32 Å². The fourth-order valence-corrected chi connectivity index (χ4v) is 2.62. The molecule has 1 atom stereocenters. The first-order valence-electron chi connectivity index (χ1n) is 6.00. The van der Waals surface area contributed by atoms with Crippen LogP contribution in [0.25, 0.3) is 0 Å². The van der Waals surface area contributed by atoms with E-state index in [1.807, 2.05) is 42.5 Å². The topological polar surface area (TPSA) is 49.3 Å². The van der Waals surface area contributed by atoms with Gasteiger partial charge in [0, 0.05) is 9.26 Å². The zero-order valence-electron chi connectivity index (χ0n) is 10.1. The number of carbonyl (C=O) groups excluding carboxylic acids is 1. The van der Waals surface area contributed by atoms with Gasteiger partial charge in [-0.1, -0.05) is 24.3 Å². The standard InChI is InChI=1S/C15H12INO2/c16-12-4-1-9(2-5-12)15(19)10-3-6-13-11(7-10)8-14(18)17-13/h1-7,15,19H,8H2,(H,17,18). The predicted molar refractivity (Wildman–Crippen MR) is 82.0 cm³/mol. The van der Waals surface area contributed by atoms with Crippen molar-refractivity contribution in [3.05, 3.63) is 62.7 Å². The summed E-state index contributed by atoms with van der Waals surface area (Å²) in [5.74, 6) is 0.0101. The van der Waals surface area contributed by atoms with Gasteiger partial charge >= 0.3 is 0 Å². The summed E-state index contributed by atoms with van der Waals surface area (Å²) in [5, 5.41) is 13.2. The van der Waals surface area contributed by atoms with Gasteiger partial charge in [0.2, 0.25) is 5.91 Å². The van der Waals surface area contributed by atoms with Crippen molar-refractivity contribution in [2.24, 2.45) is 0 Å². The monoisotopic (exact) mass is 365 g/mol. The van der Waals surface area contributed by atoms with Gasteiger partial charge in [0.25, 0.3) is 0 Å². The molecule has 1 aliphatic heterocycles. The Hall–Kier alpha value is -1.40. The lowest BCUT2D eigenvalue weighted by molar-refractivity contribution is -0.115. The molecular weight excluding hydrogens is 353 g/mol. The van der Waals surface area contributed by atoms with Crippen LogP contribution < -0.4 is 5.32 Å². The average molecular weight is 365 g/mol. The molecule has 96 valence electrons. The molecule has 19 heavy (non-hydrogen) atoms. The van der Waals surface area contributed by atoms with Crippen molar-refractivity contribution >= 4 is 34.2 Å². The lowest BCUT2D eigenvalue weighted by Gasteiger charge is -2.12. The number of benzene rings is 2. The molecule has 1 amide bonds. The summed E-state index contributed by atoms with van der Waals surface area (Å²) in [6, 6.07) is 13.4. The van der Waals surface area contributed by atoms with E-state index in [-0.39, 0.29) is 5.91 Å². The Balaban J connectivity index is 1.92. The second-order valence-electron chi connectivity index (χ2n) is 4.60. The molecule has 0 aliphatic carbocycles. The molecule has 4 heteroatoms. The number of hydrogen-bond donors (Lipinski definition) is 2. The lowest BCUT2D eigenvalue weighted by Crippen LogP contribution is -2.03. The molecule has 0 bridgehead atoms. The van der Waals surface area contributed by atoms with Gasteiger partial charge in [-0.2, -0.15) is 0 Å². The fourth-order valence-electron chi connectivity index (χ4n) is 2.26. The first-order chi connectivity index (χ1) is 9.13. The van der Waals surface area contributed by atoms with E-state index >= 15 is 0 Å². The fraction of sp³-hybridized carbons (Fsp3) is 0.133. The average Bonchev–Trinajstić information content (AvgIpc) is 2.77. The van der Waals surface area contributed by atoms with Crippen LogP contribution in [0.4, 0.5) is 5.69 Å². The number of rotatable bonds is 2. The van der Waals surface area contributed by atoms with E-state index in [4.69, 9.17) is 0 Å². The van der Waals surface area contributed by atoms with E-state index in [0.29, 0.717) is 6.42 Å². The minimum absolute atomic E-state index is 0.0101. The van der Waals surface area contributed by atoms with E-state index in [0.717, 1.165) is 25.9 Å². The molecule has 0 fully saturated rings. The van der Waals surface area contributed by atoms with Crippen LogP contribution in [0.3, 0.4) is 0 Å². The number of halogens is 1. The molecule has 1 aliphatic rings. The number of amides is 1. The maximum absolute atomic E-state index is 11.3. The third-order valence-electron chi connectivity index (χ3n) is 3.26. The summed E-state index contributed by atoms with van der Waals surface area (Å²) in [6.07, 6.45) is -0.263. The second-order valence-corrected chi connectivity index (χ2v) is 5.84. The van der Waals surface area contributed by atoms with Crippen molar-refractivity contribution in [1.29, 1.82) is 0 Å². The van der Waals surface area contributed by atoms with Crippen LogP contribution in [0, 0.1) is 3.57 Å². The van der Waals surface area contributed by atoms with Crippen LogP contribution in [0.1, 0.15) is 22.8 Å². The molecule has 0 saturated carbocycles. The lowest BCUT2D eigenvalue weighted by atomic mass is 9.99. The van der Waals surface area contributed by atoms with E-state index < -0.39 is 6.10 Å². The number of carbonyl (C=O) groups is 1. The molecule has 3 nitrogen and oxygen atoms in total. The van der Waals surface area contributed by atoms with E-state index in [2.05, 4.69) is 27.9 Å². The Morgan fingerprint density at radius 1 is 1.11 bits per heavy atom. The Bertz CT molecular complexity index is 637. The summed E-state index contributed by atoms with van der Waals surface area (Å²) in [6.45, 7) is 0. The number of hydrogen-bond acceptors (Lipinski definition) is 2. The highest BCUT2D eigenvalue weighted by molar-refractivity contribution is 14.1. The van der Waals surface area contributed by atoms with Gasteiger partial charge in [-0.3, -0.25) is 4.79 Å². The van der Waals surface area contributed by atoms with Crippen LogP contribution in [-0.4, -0.2) is 11.0 Å². The molecule has 3 rings (SSSR count). The van der Waals surface area contributed by atoms with Crippen LogP contribution in [0.5, 0.6) is 0 Å². The summed E-state index contributed by atoms with van der Waals surface area (Å²) >= 11 is 2.23. The summed E-state index contributed by atoms with van der Waals surface area (Å²) in [4.78, 5) is 11.3. The van der Waals surface area contributed by atoms with Gasteiger partial charge < -0.3 is 10.4 Å².